The van der Waals surface area contributed by atoms with Crippen LogP contribution in [0.1, 0.15) is 0 Å². The third-order valence-corrected chi connectivity index (χ3v) is 1.70. The van der Waals surface area contributed by atoms with Gasteiger partial charge in [-0.3, -0.25) is 4.79 Å². The molecule has 9 heteroatoms. The van der Waals surface area contributed by atoms with Crippen LogP contribution in [0, 0.1) is 0 Å². The van der Waals surface area contributed by atoms with Gasteiger partial charge >= 0.3 is 11.8 Å². The zero-order valence-corrected chi connectivity index (χ0v) is 7.60. The van der Waals surface area contributed by atoms with Crippen molar-refractivity contribution in [3.05, 3.63) is 0 Å². The van der Waals surface area contributed by atoms with E-state index in [0.717, 1.165) is 0 Å². The van der Waals surface area contributed by atoms with Crippen molar-refractivity contribution in [3.8, 4) is 0 Å². The zero-order valence-electron chi connectivity index (χ0n) is 6.09. The van der Waals surface area contributed by atoms with Crippen LogP contribution in [0.25, 0.3) is 0 Å². The van der Waals surface area contributed by atoms with Crippen molar-refractivity contribution >= 4 is 29.0 Å². The SMILES string of the molecule is O=C(C(F)(F)C(F)Cl)C(F)(F)C(F)Cl. The molecule has 0 aliphatic heterocycles. The Bertz CT molecular complexity index is 206. The maximum atomic E-state index is 12.2. The van der Waals surface area contributed by atoms with E-state index in [4.69, 9.17) is 0 Å². The molecule has 0 aromatic rings. The summed E-state index contributed by atoms with van der Waals surface area (Å²) in [6.07, 6.45) is 0. The molecule has 0 saturated heterocycles. The van der Waals surface area contributed by atoms with E-state index in [2.05, 4.69) is 23.2 Å². The van der Waals surface area contributed by atoms with Crippen LogP contribution in [0.2, 0.25) is 0 Å². The van der Waals surface area contributed by atoms with Crippen LogP contribution in [-0.4, -0.2) is 28.9 Å². The number of hydrogen-bond acceptors (Lipinski definition) is 1. The maximum Gasteiger partial charge on any atom is 0.355 e. The molecule has 0 spiro atoms. The normalized spacial score (nSPS) is 17.7. The molecule has 2 unspecified atom stereocenters. The topological polar surface area (TPSA) is 17.1 Å². The molecule has 0 aliphatic carbocycles. The van der Waals surface area contributed by atoms with E-state index in [-0.39, 0.29) is 0 Å². The summed E-state index contributed by atoms with van der Waals surface area (Å²) in [5, 5.41) is 0. The van der Waals surface area contributed by atoms with Gasteiger partial charge < -0.3 is 0 Å². The van der Waals surface area contributed by atoms with E-state index in [1.54, 1.807) is 0 Å². The molecule has 0 bridgehead atoms. The van der Waals surface area contributed by atoms with Gasteiger partial charge in [-0.1, -0.05) is 23.2 Å². The fourth-order valence-electron chi connectivity index (χ4n) is 0.420. The minimum atomic E-state index is -5.19. The van der Waals surface area contributed by atoms with Gasteiger partial charge in [-0.05, 0) is 0 Å². The second kappa shape index (κ2) is 4.14. The molecular formula is C5H2Cl2F6O. The van der Waals surface area contributed by atoms with Gasteiger partial charge in [0.05, 0.1) is 0 Å². The Balaban J connectivity index is 4.96. The van der Waals surface area contributed by atoms with E-state index in [1.807, 2.05) is 0 Å². The molecular weight excluding hydrogens is 261 g/mol. The third kappa shape index (κ3) is 2.44. The highest BCUT2D eigenvalue weighted by molar-refractivity contribution is 6.24. The van der Waals surface area contributed by atoms with Gasteiger partial charge in [0.25, 0.3) is 5.78 Å². The summed E-state index contributed by atoms with van der Waals surface area (Å²) < 4.78 is 72.6. The Hall–Kier alpha value is -0.170. The first-order chi connectivity index (χ1) is 6.04. The van der Waals surface area contributed by atoms with Crippen LogP contribution in [-0.2, 0) is 4.79 Å². The quantitative estimate of drug-likeness (QED) is 0.563. The van der Waals surface area contributed by atoms with Crippen molar-refractivity contribution in [2.24, 2.45) is 0 Å². The number of carbonyl (C=O) groups is 1. The average Bonchev–Trinajstić information content (AvgIpc) is 2.02. The number of rotatable bonds is 4. The Morgan fingerprint density at radius 2 is 1.14 bits per heavy atom. The summed E-state index contributed by atoms with van der Waals surface area (Å²) in [6, 6.07) is 0. The molecule has 0 aliphatic rings. The summed E-state index contributed by atoms with van der Waals surface area (Å²) in [7, 11) is 0. The fourth-order valence-corrected chi connectivity index (χ4v) is 0.619. The van der Waals surface area contributed by atoms with E-state index >= 15 is 0 Å². The summed E-state index contributed by atoms with van der Waals surface area (Å²) in [5.74, 6) is -13.7. The lowest BCUT2D eigenvalue weighted by Crippen LogP contribution is -2.50. The van der Waals surface area contributed by atoms with Gasteiger partial charge in [0.1, 0.15) is 0 Å². The lowest BCUT2D eigenvalue weighted by atomic mass is 10.1. The highest BCUT2D eigenvalue weighted by atomic mass is 35.5. The van der Waals surface area contributed by atoms with Gasteiger partial charge in [0.15, 0.2) is 0 Å². The summed E-state index contributed by atoms with van der Waals surface area (Å²) >= 11 is 8.28. The van der Waals surface area contributed by atoms with Crippen molar-refractivity contribution in [3.63, 3.8) is 0 Å². The Kier molecular flexibility index (Phi) is 4.09. The maximum absolute atomic E-state index is 12.2. The predicted octanol–water partition coefficient (Wildman–Crippen LogP) is 2.89. The monoisotopic (exact) mass is 262 g/mol. The van der Waals surface area contributed by atoms with Crippen LogP contribution in [0.3, 0.4) is 0 Å². The number of Topliss-reactive ketones (excluding diaryl/α,β-unsaturated/α-hetero) is 1. The fraction of sp³-hybridized carbons (Fsp3) is 0.800. The minimum Gasteiger partial charge on any atom is -0.286 e. The average molecular weight is 263 g/mol. The Morgan fingerprint density at radius 3 is 1.29 bits per heavy atom. The molecule has 84 valence electrons. The molecule has 0 aromatic carbocycles. The van der Waals surface area contributed by atoms with E-state index in [9.17, 15) is 31.1 Å². The molecule has 0 heterocycles. The smallest absolute Gasteiger partial charge is 0.286 e. The lowest BCUT2D eigenvalue weighted by molar-refractivity contribution is -0.177. The van der Waals surface area contributed by atoms with Crippen molar-refractivity contribution < 1.29 is 31.1 Å². The number of carbonyl (C=O) groups excluding carboxylic acids is 1. The minimum absolute atomic E-state index is 3.30. The molecule has 2 atom stereocenters. The first kappa shape index (κ1) is 13.8. The lowest BCUT2D eigenvalue weighted by Gasteiger charge is -2.21. The van der Waals surface area contributed by atoms with Gasteiger partial charge in [-0.15, -0.1) is 0 Å². The van der Waals surface area contributed by atoms with Gasteiger partial charge in [-0.25, -0.2) is 8.78 Å². The second-order valence-electron chi connectivity index (χ2n) is 2.18. The zero-order chi connectivity index (χ0) is 11.7. The van der Waals surface area contributed by atoms with Crippen LogP contribution in [0.5, 0.6) is 0 Å². The van der Waals surface area contributed by atoms with Crippen LogP contribution >= 0.6 is 23.2 Å². The Morgan fingerprint density at radius 1 is 0.929 bits per heavy atom. The van der Waals surface area contributed by atoms with Crippen LogP contribution < -0.4 is 0 Å². The highest BCUT2D eigenvalue weighted by Gasteiger charge is 2.61. The number of ketones is 1. The van der Waals surface area contributed by atoms with Crippen LogP contribution in [0.15, 0.2) is 0 Å². The largest absolute Gasteiger partial charge is 0.355 e. The third-order valence-electron chi connectivity index (χ3n) is 1.15. The number of halogens is 8. The summed E-state index contributed by atoms with van der Waals surface area (Å²) in [5.41, 5.74) is -7.34. The van der Waals surface area contributed by atoms with E-state index in [0.29, 0.717) is 0 Å². The molecule has 0 radical (unpaired) electrons. The second-order valence-corrected chi connectivity index (χ2v) is 2.94. The van der Waals surface area contributed by atoms with Crippen molar-refractivity contribution in [1.29, 1.82) is 0 Å². The first-order valence-electron chi connectivity index (χ1n) is 2.91. The molecule has 0 rings (SSSR count). The molecule has 0 N–H and O–H groups in total. The van der Waals surface area contributed by atoms with E-state index < -0.39 is 28.9 Å². The number of alkyl halides is 8. The number of hydrogen-bond donors (Lipinski definition) is 0. The predicted molar refractivity (Wildman–Crippen MR) is 36.4 cm³/mol. The molecule has 1 nitrogen and oxygen atoms in total. The Labute approximate surface area is 84.0 Å². The van der Waals surface area contributed by atoms with Gasteiger partial charge in [0.2, 0.25) is 11.3 Å². The van der Waals surface area contributed by atoms with E-state index in [1.165, 1.54) is 0 Å². The molecule has 0 amide bonds. The van der Waals surface area contributed by atoms with Crippen molar-refractivity contribution in [2.75, 3.05) is 0 Å². The highest BCUT2D eigenvalue weighted by Crippen LogP contribution is 2.36. The van der Waals surface area contributed by atoms with Crippen molar-refractivity contribution in [2.45, 2.75) is 23.1 Å². The molecule has 14 heavy (non-hydrogen) atoms. The standard InChI is InChI=1S/C5H2Cl2F6O/c6-2(8)4(10,11)1(14)5(12,13)3(7)9/h2-3H. The van der Waals surface area contributed by atoms with Gasteiger partial charge in [0, 0.05) is 0 Å². The molecule has 0 aromatic heterocycles. The first-order valence-corrected chi connectivity index (χ1v) is 3.78. The summed E-state index contributed by atoms with van der Waals surface area (Å²) in [4.78, 5) is 10.2. The van der Waals surface area contributed by atoms with Gasteiger partial charge in [-0.2, -0.15) is 17.6 Å². The van der Waals surface area contributed by atoms with Crippen LogP contribution in [0.4, 0.5) is 26.3 Å². The molecule has 0 fully saturated rings. The summed E-state index contributed by atoms with van der Waals surface area (Å²) in [6.45, 7) is 0. The molecule has 0 saturated carbocycles. The van der Waals surface area contributed by atoms with Crippen molar-refractivity contribution in [1.82, 2.24) is 0 Å².